The van der Waals surface area contributed by atoms with Crippen LogP contribution in [0.3, 0.4) is 0 Å². The van der Waals surface area contributed by atoms with Gasteiger partial charge in [-0.25, -0.2) is 4.79 Å². The second kappa shape index (κ2) is 3.89. The highest BCUT2D eigenvalue weighted by Gasteiger charge is 2.11. The molecular formula is C9H11NO3. The Morgan fingerprint density at radius 1 is 1.62 bits per heavy atom. The van der Waals surface area contributed by atoms with Crippen molar-refractivity contribution in [3.05, 3.63) is 23.5 Å². The molecule has 13 heavy (non-hydrogen) atoms. The fourth-order valence-electron chi connectivity index (χ4n) is 1.06. The van der Waals surface area contributed by atoms with Crippen LogP contribution in [0.1, 0.15) is 22.8 Å². The lowest BCUT2D eigenvalue weighted by atomic mass is 10.2. The number of hydrogen-bond donors (Lipinski definition) is 0. The normalized spacial score (nSPS) is 9.69. The third-order valence-corrected chi connectivity index (χ3v) is 1.66. The molecule has 70 valence electrons. The maximum atomic E-state index is 11.2. The van der Waals surface area contributed by atoms with Crippen LogP contribution in [0.15, 0.2) is 12.4 Å². The van der Waals surface area contributed by atoms with E-state index >= 15 is 0 Å². The van der Waals surface area contributed by atoms with Gasteiger partial charge in [-0.2, -0.15) is 0 Å². The molecule has 0 saturated carbocycles. The largest absolute Gasteiger partial charge is 0.462 e. The van der Waals surface area contributed by atoms with Crippen molar-refractivity contribution in [1.29, 1.82) is 0 Å². The third-order valence-electron chi connectivity index (χ3n) is 1.66. The number of rotatable bonds is 3. The molecule has 0 fully saturated rings. The number of carbonyl (C=O) groups is 2. The van der Waals surface area contributed by atoms with Crippen LogP contribution in [-0.2, 0) is 9.53 Å². The average molecular weight is 181 g/mol. The fourth-order valence-corrected chi connectivity index (χ4v) is 1.06. The first kappa shape index (κ1) is 9.51. The van der Waals surface area contributed by atoms with Gasteiger partial charge in [0.15, 0.2) is 0 Å². The van der Waals surface area contributed by atoms with Crippen molar-refractivity contribution in [2.24, 2.45) is 0 Å². The topological polar surface area (TPSA) is 48.3 Å². The van der Waals surface area contributed by atoms with Crippen LogP contribution in [-0.4, -0.2) is 23.6 Å². The van der Waals surface area contributed by atoms with E-state index < -0.39 is 0 Å². The lowest BCUT2D eigenvalue weighted by molar-refractivity contribution is 0.0526. The number of aryl methyl sites for hydroxylation is 1. The maximum absolute atomic E-state index is 11.2. The highest BCUT2D eigenvalue weighted by atomic mass is 16.5. The maximum Gasteiger partial charge on any atom is 0.339 e. The first-order chi connectivity index (χ1) is 6.19. The van der Waals surface area contributed by atoms with Crippen molar-refractivity contribution >= 4 is 12.4 Å². The molecule has 0 spiro atoms. The zero-order chi connectivity index (χ0) is 9.84. The molecule has 0 bridgehead atoms. The summed E-state index contributed by atoms with van der Waals surface area (Å²) < 4.78 is 6.09. The summed E-state index contributed by atoms with van der Waals surface area (Å²) in [6.45, 7) is 3.83. The van der Waals surface area contributed by atoms with Gasteiger partial charge in [0.25, 0.3) is 0 Å². The van der Waals surface area contributed by atoms with Crippen LogP contribution in [0.2, 0.25) is 0 Å². The molecule has 0 unspecified atom stereocenters. The summed E-state index contributed by atoms with van der Waals surface area (Å²) in [5.74, 6) is -0.388. The van der Waals surface area contributed by atoms with Crippen LogP contribution in [0.4, 0.5) is 0 Å². The first-order valence-corrected chi connectivity index (χ1v) is 3.99. The molecule has 0 amide bonds. The van der Waals surface area contributed by atoms with Gasteiger partial charge in [-0.05, 0) is 19.4 Å². The van der Waals surface area contributed by atoms with E-state index in [-0.39, 0.29) is 5.97 Å². The van der Waals surface area contributed by atoms with Gasteiger partial charge in [0.1, 0.15) is 0 Å². The van der Waals surface area contributed by atoms with Crippen molar-refractivity contribution < 1.29 is 14.3 Å². The Morgan fingerprint density at radius 3 is 2.77 bits per heavy atom. The monoisotopic (exact) mass is 181 g/mol. The lowest BCUT2D eigenvalue weighted by Crippen LogP contribution is -2.04. The third kappa shape index (κ3) is 1.96. The highest BCUT2D eigenvalue weighted by Crippen LogP contribution is 2.09. The van der Waals surface area contributed by atoms with Crippen molar-refractivity contribution in [2.75, 3.05) is 6.61 Å². The van der Waals surface area contributed by atoms with Crippen LogP contribution >= 0.6 is 0 Å². The van der Waals surface area contributed by atoms with Gasteiger partial charge >= 0.3 is 5.97 Å². The summed E-state index contributed by atoms with van der Waals surface area (Å²) in [6.07, 6.45) is 3.68. The van der Waals surface area contributed by atoms with Crippen molar-refractivity contribution in [1.82, 2.24) is 4.57 Å². The SMILES string of the molecule is CCOC(=O)c1cn(C=O)cc1C. The summed E-state index contributed by atoms with van der Waals surface area (Å²) in [5, 5.41) is 0. The number of carbonyl (C=O) groups excluding carboxylic acids is 2. The molecule has 0 N–H and O–H groups in total. The van der Waals surface area contributed by atoms with Crippen molar-refractivity contribution in [3.8, 4) is 0 Å². The summed E-state index contributed by atoms with van der Waals surface area (Å²) in [5.41, 5.74) is 1.18. The van der Waals surface area contributed by atoms with E-state index in [4.69, 9.17) is 4.74 Å². The zero-order valence-electron chi connectivity index (χ0n) is 7.61. The van der Waals surface area contributed by atoms with E-state index in [0.717, 1.165) is 5.56 Å². The number of nitrogens with zero attached hydrogens (tertiary/aromatic N) is 1. The first-order valence-electron chi connectivity index (χ1n) is 3.99. The Balaban J connectivity index is 2.93. The summed E-state index contributed by atoms with van der Waals surface area (Å²) in [4.78, 5) is 21.6. The number of aromatic nitrogens is 1. The Hall–Kier alpha value is -1.58. The molecular weight excluding hydrogens is 170 g/mol. The number of esters is 1. The van der Waals surface area contributed by atoms with Crippen LogP contribution in [0.25, 0.3) is 0 Å². The molecule has 0 atom stereocenters. The average Bonchev–Trinajstić information content (AvgIpc) is 2.47. The predicted octanol–water partition coefficient (Wildman–Crippen LogP) is 1.01. The molecule has 0 saturated heterocycles. The molecule has 1 rings (SSSR count). The van der Waals surface area contributed by atoms with Gasteiger partial charge in [0.2, 0.25) is 6.41 Å². The number of ether oxygens (including phenoxy) is 1. The van der Waals surface area contributed by atoms with Gasteiger partial charge in [-0.15, -0.1) is 0 Å². The predicted molar refractivity (Wildman–Crippen MR) is 47.3 cm³/mol. The summed E-state index contributed by atoms with van der Waals surface area (Å²) in [6, 6.07) is 0. The highest BCUT2D eigenvalue weighted by molar-refractivity contribution is 5.91. The molecule has 0 aliphatic heterocycles. The summed E-state index contributed by atoms with van der Waals surface area (Å²) in [7, 11) is 0. The van der Waals surface area contributed by atoms with Crippen LogP contribution < -0.4 is 0 Å². The second-order valence-electron chi connectivity index (χ2n) is 2.63. The molecule has 4 heteroatoms. The Bertz CT molecular complexity index is 328. The summed E-state index contributed by atoms with van der Waals surface area (Å²) >= 11 is 0. The van der Waals surface area contributed by atoms with Crippen LogP contribution in [0, 0.1) is 6.92 Å². The molecule has 0 radical (unpaired) electrons. The Labute approximate surface area is 76.1 Å². The van der Waals surface area contributed by atoms with E-state index in [1.807, 2.05) is 0 Å². The molecule has 1 aromatic rings. The second-order valence-corrected chi connectivity index (χ2v) is 2.63. The van der Waals surface area contributed by atoms with E-state index in [1.54, 1.807) is 20.0 Å². The molecule has 1 aromatic heterocycles. The Morgan fingerprint density at radius 2 is 2.31 bits per heavy atom. The Kier molecular flexibility index (Phi) is 2.84. The molecule has 0 aliphatic rings. The molecule has 0 aliphatic carbocycles. The van der Waals surface area contributed by atoms with E-state index in [9.17, 15) is 9.59 Å². The minimum atomic E-state index is -0.388. The van der Waals surface area contributed by atoms with E-state index in [0.29, 0.717) is 18.6 Å². The smallest absolute Gasteiger partial charge is 0.339 e. The minimum absolute atomic E-state index is 0.338. The van der Waals surface area contributed by atoms with Gasteiger partial charge in [-0.3, -0.25) is 9.36 Å². The molecule has 1 heterocycles. The van der Waals surface area contributed by atoms with Gasteiger partial charge in [0, 0.05) is 12.4 Å². The van der Waals surface area contributed by atoms with E-state index in [2.05, 4.69) is 0 Å². The van der Waals surface area contributed by atoms with Crippen molar-refractivity contribution in [2.45, 2.75) is 13.8 Å². The van der Waals surface area contributed by atoms with Gasteiger partial charge in [-0.1, -0.05) is 0 Å². The quantitative estimate of drug-likeness (QED) is 0.516. The lowest BCUT2D eigenvalue weighted by Gasteiger charge is -1.98. The number of hydrogen-bond acceptors (Lipinski definition) is 3. The fraction of sp³-hybridized carbons (Fsp3) is 0.333. The zero-order valence-corrected chi connectivity index (χ0v) is 7.61. The van der Waals surface area contributed by atoms with Gasteiger partial charge in [0.05, 0.1) is 12.2 Å². The van der Waals surface area contributed by atoms with E-state index in [1.165, 1.54) is 10.8 Å². The van der Waals surface area contributed by atoms with Gasteiger partial charge < -0.3 is 4.74 Å². The minimum Gasteiger partial charge on any atom is -0.462 e. The standard InChI is InChI=1S/C9H11NO3/c1-3-13-9(12)8-5-10(6-11)4-7(8)2/h4-6H,3H2,1-2H3. The van der Waals surface area contributed by atoms with Crippen molar-refractivity contribution in [3.63, 3.8) is 0 Å². The van der Waals surface area contributed by atoms with Crippen LogP contribution in [0.5, 0.6) is 0 Å². The molecule has 4 nitrogen and oxygen atoms in total. The molecule has 0 aromatic carbocycles.